The van der Waals surface area contributed by atoms with Gasteiger partial charge in [0, 0.05) is 22.0 Å². The van der Waals surface area contributed by atoms with Gasteiger partial charge in [-0.1, -0.05) is 22.7 Å². The highest BCUT2D eigenvalue weighted by molar-refractivity contribution is 7.14. The van der Waals surface area contributed by atoms with Gasteiger partial charge in [-0.15, -0.1) is 0 Å². The first-order valence-electron chi connectivity index (χ1n) is 4.26. The standard InChI is InChI=1S/C8H4IN6S2/c10-14-12-7-3-1-5(16-7)9-6-2-4-8(17-6)13-15-11/h1-4H/q+1. The van der Waals surface area contributed by atoms with Gasteiger partial charge in [-0.2, -0.15) is 0 Å². The summed E-state index contributed by atoms with van der Waals surface area (Å²) in [5, 5.41) is 8.49. The maximum atomic E-state index is 8.31. The van der Waals surface area contributed by atoms with Crippen LogP contribution in [-0.4, -0.2) is 0 Å². The molecular formula is C8H4IN6S2+. The molecule has 0 aliphatic carbocycles. The highest BCUT2D eigenvalue weighted by Crippen LogP contribution is 2.21. The summed E-state index contributed by atoms with van der Waals surface area (Å²) in [6.45, 7) is 0. The second-order valence-electron chi connectivity index (χ2n) is 2.63. The van der Waals surface area contributed by atoms with E-state index in [1.54, 1.807) is 0 Å². The van der Waals surface area contributed by atoms with Crippen molar-refractivity contribution in [1.29, 1.82) is 0 Å². The largest absolute Gasteiger partial charge is 0.381 e. The number of hydrogen-bond acceptors (Lipinski definition) is 4. The van der Waals surface area contributed by atoms with Gasteiger partial charge < -0.3 is 0 Å². The summed E-state index contributed by atoms with van der Waals surface area (Å²) in [6, 6.07) is 7.60. The van der Waals surface area contributed by atoms with Crippen LogP contribution in [0, 0.1) is 5.77 Å². The van der Waals surface area contributed by atoms with Gasteiger partial charge >= 0.3 is 21.2 Å². The Bertz CT molecular complexity index is 565. The van der Waals surface area contributed by atoms with Gasteiger partial charge in [0.25, 0.3) is 0 Å². The molecule has 9 heteroatoms. The molecule has 0 aliphatic heterocycles. The van der Waals surface area contributed by atoms with E-state index >= 15 is 0 Å². The number of nitrogens with zero attached hydrogens (tertiary/aromatic N) is 6. The van der Waals surface area contributed by atoms with E-state index in [1.807, 2.05) is 24.3 Å². The molecule has 0 saturated carbocycles. The zero-order chi connectivity index (χ0) is 12.1. The highest BCUT2D eigenvalue weighted by atomic mass is 127. The fraction of sp³-hybridized carbons (Fsp3) is 0. The Labute approximate surface area is 114 Å². The fourth-order valence-corrected chi connectivity index (χ4v) is 6.87. The summed E-state index contributed by atoms with van der Waals surface area (Å²) >= 11 is 2.73. The van der Waals surface area contributed by atoms with Gasteiger partial charge in [-0.25, -0.2) is 0 Å². The molecule has 0 fully saturated rings. The van der Waals surface area contributed by atoms with Gasteiger partial charge in [0.2, 0.25) is 5.77 Å². The summed E-state index contributed by atoms with van der Waals surface area (Å²) < 4.78 is 2.45. The zero-order valence-electron chi connectivity index (χ0n) is 8.19. The molecule has 0 aromatic carbocycles. The smallest absolute Gasteiger partial charge is 0.0860 e. The summed E-state index contributed by atoms with van der Waals surface area (Å²) in [6.07, 6.45) is 0. The zero-order valence-corrected chi connectivity index (χ0v) is 12.0. The number of halogens is 1. The second kappa shape index (κ2) is 5.89. The van der Waals surface area contributed by atoms with Gasteiger partial charge in [0.1, 0.15) is 0 Å². The first-order valence-corrected chi connectivity index (χ1v) is 8.05. The number of thiophene rings is 2. The van der Waals surface area contributed by atoms with E-state index in [4.69, 9.17) is 11.1 Å². The topological polar surface area (TPSA) is 97.5 Å². The monoisotopic (exact) mass is 375 g/mol. The third-order valence-corrected chi connectivity index (χ3v) is 7.25. The van der Waals surface area contributed by atoms with Crippen molar-refractivity contribution >= 4 is 32.7 Å². The van der Waals surface area contributed by atoms with Crippen molar-refractivity contribution in [2.75, 3.05) is 0 Å². The van der Waals surface area contributed by atoms with Crippen LogP contribution in [0.1, 0.15) is 0 Å². The Morgan fingerprint density at radius 3 is 1.76 bits per heavy atom. The van der Waals surface area contributed by atoms with Crippen LogP contribution in [0.25, 0.3) is 20.9 Å². The maximum absolute atomic E-state index is 8.31. The Hall–Kier alpha value is -1.25. The van der Waals surface area contributed by atoms with E-state index in [9.17, 15) is 0 Å². The minimum Gasteiger partial charge on any atom is -0.0860 e. The molecule has 6 nitrogen and oxygen atoms in total. The Balaban J connectivity index is 2.13. The quantitative estimate of drug-likeness (QED) is 0.337. The van der Waals surface area contributed by atoms with Crippen LogP contribution in [0.2, 0.25) is 0 Å². The number of hydrogen-bond donors (Lipinski definition) is 0. The molecule has 84 valence electrons. The fourth-order valence-electron chi connectivity index (χ4n) is 0.998. The SMILES string of the molecule is [N-]=[N+]=Nc1ccc([I+]c2ccc(N=[N+]=[N-])s2)s1. The third kappa shape index (κ3) is 3.35. The minimum atomic E-state index is -0.282. The molecule has 0 radical (unpaired) electrons. The predicted octanol–water partition coefficient (Wildman–Crippen LogP) is 1.82. The van der Waals surface area contributed by atoms with Crippen molar-refractivity contribution in [2.45, 2.75) is 0 Å². The van der Waals surface area contributed by atoms with E-state index < -0.39 is 0 Å². The molecule has 0 unspecified atom stereocenters. The number of azide groups is 2. The normalized spacial score (nSPS) is 9.41. The lowest BCUT2D eigenvalue weighted by molar-refractivity contribution is -0.585. The lowest BCUT2D eigenvalue weighted by atomic mass is 10.6. The van der Waals surface area contributed by atoms with Crippen LogP contribution in [-0.2, 0) is 0 Å². The van der Waals surface area contributed by atoms with Crippen molar-refractivity contribution in [3.05, 3.63) is 50.9 Å². The van der Waals surface area contributed by atoms with E-state index in [1.165, 1.54) is 28.4 Å². The molecule has 17 heavy (non-hydrogen) atoms. The molecule has 2 aromatic rings. The molecule has 0 spiro atoms. The second-order valence-corrected chi connectivity index (χ2v) is 9.08. The first kappa shape index (κ1) is 12.2. The molecular weight excluding hydrogens is 371 g/mol. The lowest BCUT2D eigenvalue weighted by Crippen LogP contribution is -3.61. The molecule has 0 amide bonds. The summed E-state index contributed by atoms with van der Waals surface area (Å²) in [5.74, 6) is 0. The van der Waals surface area contributed by atoms with Crippen LogP contribution in [0.4, 0.5) is 10.0 Å². The van der Waals surface area contributed by atoms with Gasteiger partial charge in [-0.05, 0) is 33.4 Å². The summed E-state index contributed by atoms with van der Waals surface area (Å²) in [5.41, 5.74) is 16.6. The van der Waals surface area contributed by atoms with Gasteiger partial charge in [0.05, 0.1) is 10.0 Å². The Kier molecular flexibility index (Phi) is 4.24. The Morgan fingerprint density at radius 1 is 0.882 bits per heavy atom. The van der Waals surface area contributed by atoms with Gasteiger partial charge in [0.15, 0.2) is 0 Å². The molecule has 2 heterocycles. The van der Waals surface area contributed by atoms with Crippen LogP contribution in [0.5, 0.6) is 0 Å². The van der Waals surface area contributed by atoms with Crippen molar-refractivity contribution in [3.8, 4) is 0 Å². The van der Waals surface area contributed by atoms with Crippen LogP contribution in [0.3, 0.4) is 0 Å². The molecule has 0 saturated heterocycles. The molecule has 2 rings (SSSR count). The average molecular weight is 375 g/mol. The van der Waals surface area contributed by atoms with E-state index in [-0.39, 0.29) is 21.2 Å². The molecule has 0 aliphatic rings. The van der Waals surface area contributed by atoms with Gasteiger partial charge in [-0.3, -0.25) is 0 Å². The maximum Gasteiger partial charge on any atom is 0.381 e. The van der Waals surface area contributed by atoms with Crippen LogP contribution >= 0.6 is 22.7 Å². The Morgan fingerprint density at radius 2 is 1.35 bits per heavy atom. The van der Waals surface area contributed by atoms with E-state index in [0.717, 1.165) is 0 Å². The average Bonchev–Trinajstić information content (AvgIpc) is 2.91. The lowest BCUT2D eigenvalue weighted by Gasteiger charge is -1.74. The highest BCUT2D eigenvalue weighted by Gasteiger charge is 2.20. The first-order chi connectivity index (χ1) is 8.31. The third-order valence-electron chi connectivity index (χ3n) is 1.59. The van der Waals surface area contributed by atoms with Crippen molar-refractivity contribution < 1.29 is 21.2 Å². The molecule has 2 aromatic heterocycles. The van der Waals surface area contributed by atoms with E-state index in [2.05, 4.69) is 20.1 Å². The van der Waals surface area contributed by atoms with Crippen LogP contribution in [0.15, 0.2) is 34.5 Å². The molecule has 0 bridgehead atoms. The molecule has 0 N–H and O–H groups in total. The summed E-state index contributed by atoms with van der Waals surface area (Å²) in [4.78, 5) is 5.50. The number of rotatable bonds is 4. The van der Waals surface area contributed by atoms with Crippen molar-refractivity contribution in [3.63, 3.8) is 0 Å². The minimum absolute atomic E-state index is 0.282. The predicted molar refractivity (Wildman–Crippen MR) is 63.6 cm³/mol. The van der Waals surface area contributed by atoms with Crippen molar-refractivity contribution in [2.24, 2.45) is 10.2 Å². The van der Waals surface area contributed by atoms with E-state index in [0.29, 0.717) is 10.0 Å². The van der Waals surface area contributed by atoms with Crippen LogP contribution < -0.4 is 21.2 Å². The summed E-state index contributed by atoms with van der Waals surface area (Å²) in [7, 11) is 0. The van der Waals surface area contributed by atoms with Crippen molar-refractivity contribution in [1.82, 2.24) is 0 Å². The molecule has 0 atom stereocenters.